The summed E-state index contributed by atoms with van der Waals surface area (Å²) in [6, 6.07) is 0.465. The van der Waals surface area contributed by atoms with Gasteiger partial charge in [-0.2, -0.15) is 11.8 Å². The van der Waals surface area contributed by atoms with Gasteiger partial charge >= 0.3 is 0 Å². The van der Waals surface area contributed by atoms with E-state index in [0.29, 0.717) is 18.2 Å². The molecule has 0 aromatic carbocycles. The van der Waals surface area contributed by atoms with Gasteiger partial charge in [-0.1, -0.05) is 0 Å². The first-order valence-electron chi connectivity index (χ1n) is 7.55. The Hall–Kier alpha value is 0.310. The van der Waals surface area contributed by atoms with Crippen molar-refractivity contribution in [1.82, 2.24) is 10.6 Å². The van der Waals surface area contributed by atoms with E-state index < -0.39 is 0 Å². The molecule has 2 N–H and O–H groups in total. The fraction of sp³-hybridized carbons (Fsp3) is 0.929. The minimum atomic E-state index is 0. The molecule has 2 bridgehead atoms. The van der Waals surface area contributed by atoms with Gasteiger partial charge in [0.15, 0.2) is 5.96 Å². The molecule has 3 unspecified atom stereocenters. The largest absolute Gasteiger partial charge is 0.373 e. The number of ether oxygens (including phenoxy) is 1. The van der Waals surface area contributed by atoms with Crippen LogP contribution < -0.4 is 10.6 Å². The Balaban J connectivity index is 0.00000147. The Morgan fingerprint density at radius 1 is 1.25 bits per heavy atom. The van der Waals surface area contributed by atoms with Crippen molar-refractivity contribution in [3.63, 3.8) is 0 Å². The van der Waals surface area contributed by atoms with Crippen LogP contribution in [0.2, 0.25) is 0 Å². The Labute approximate surface area is 143 Å². The smallest absolute Gasteiger partial charge is 0.191 e. The fourth-order valence-electron chi connectivity index (χ4n) is 3.35. The average Bonchev–Trinajstić information content (AvgIpc) is 3.07. The zero-order valence-corrected chi connectivity index (χ0v) is 15.3. The van der Waals surface area contributed by atoms with Crippen LogP contribution in [0, 0.1) is 5.92 Å². The molecule has 4 nitrogen and oxygen atoms in total. The Morgan fingerprint density at radius 2 is 2.05 bits per heavy atom. The molecule has 3 atom stereocenters. The number of nitrogens with one attached hydrogen (secondary N) is 2. The van der Waals surface area contributed by atoms with Gasteiger partial charge in [0.1, 0.15) is 0 Å². The number of thioether (sulfide) groups is 1. The van der Waals surface area contributed by atoms with Crippen LogP contribution in [0.1, 0.15) is 32.1 Å². The highest BCUT2D eigenvalue weighted by atomic mass is 127. The second-order valence-corrected chi connectivity index (χ2v) is 7.09. The molecule has 3 saturated heterocycles. The zero-order valence-electron chi connectivity index (χ0n) is 12.1. The van der Waals surface area contributed by atoms with E-state index in [4.69, 9.17) is 4.74 Å². The maximum absolute atomic E-state index is 5.88. The first-order chi connectivity index (χ1) is 9.35. The van der Waals surface area contributed by atoms with E-state index in [-0.39, 0.29) is 24.0 Å². The van der Waals surface area contributed by atoms with Gasteiger partial charge in [0.05, 0.1) is 18.2 Å². The summed E-state index contributed by atoms with van der Waals surface area (Å²) < 4.78 is 5.88. The van der Waals surface area contributed by atoms with E-state index in [1.54, 1.807) is 0 Å². The van der Waals surface area contributed by atoms with Crippen molar-refractivity contribution >= 4 is 41.7 Å². The minimum Gasteiger partial charge on any atom is -0.373 e. The number of fused-ring (bicyclic) bond motifs is 2. The molecule has 3 fully saturated rings. The number of guanidine groups is 1. The molecule has 0 amide bonds. The van der Waals surface area contributed by atoms with Crippen LogP contribution in [0.25, 0.3) is 0 Å². The topological polar surface area (TPSA) is 45.7 Å². The van der Waals surface area contributed by atoms with Gasteiger partial charge in [0, 0.05) is 13.6 Å². The van der Waals surface area contributed by atoms with E-state index >= 15 is 0 Å². The molecule has 3 aliphatic heterocycles. The quantitative estimate of drug-likeness (QED) is 0.425. The summed E-state index contributed by atoms with van der Waals surface area (Å²) in [4.78, 5) is 4.35. The van der Waals surface area contributed by atoms with Gasteiger partial charge in [0.2, 0.25) is 0 Å². The van der Waals surface area contributed by atoms with Gasteiger partial charge in [0.25, 0.3) is 0 Å². The zero-order chi connectivity index (χ0) is 13.1. The van der Waals surface area contributed by atoms with Crippen molar-refractivity contribution in [3.05, 3.63) is 0 Å². The summed E-state index contributed by atoms with van der Waals surface area (Å²) in [6.45, 7) is 1.06. The molecule has 0 saturated carbocycles. The monoisotopic (exact) mass is 411 g/mol. The molecule has 0 radical (unpaired) electrons. The van der Waals surface area contributed by atoms with Gasteiger partial charge in [-0.15, -0.1) is 24.0 Å². The molecule has 0 aromatic rings. The summed E-state index contributed by atoms with van der Waals surface area (Å²) in [7, 11) is 1.86. The van der Waals surface area contributed by atoms with Gasteiger partial charge in [-0.25, -0.2) is 0 Å². The van der Waals surface area contributed by atoms with Crippen LogP contribution in [-0.2, 0) is 4.74 Å². The third kappa shape index (κ3) is 4.16. The Kier molecular flexibility index (Phi) is 6.74. The normalized spacial score (nSPS) is 33.9. The van der Waals surface area contributed by atoms with E-state index in [1.807, 2.05) is 7.05 Å². The summed E-state index contributed by atoms with van der Waals surface area (Å²) in [5.74, 6) is 4.41. The summed E-state index contributed by atoms with van der Waals surface area (Å²) in [5.41, 5.74) is 0. The number of halogens is 1. The number of aliphatic imine (C=N–C) groups is 1. The van der Waals surface area contributed by atoms with Gasteiger partial charge < -0.3 is 15.4 Å². The number of hydrogen-bond donors (Lipinski definition) is 2. The molecule has 3 rings (SSSR count). The average molecular weight is 411 g/mol. The van der Waals surface area contributed by atoms with Crippen molar-refractivity contribution in [2.75, 3.05) is 25.1 Å². The van der Waals surface area contributed by atoms with E-state index in [0.717, 1.165) is 24.8 Å². The SMILES string of the molecule is CN=C(NCC1CCSCC1)NC1CC2CCC1O2.I. The molecule has 6 heteroatoms. The van der Waals surface area contributed by atoms with Gasteiger partial charge in [-0.05, 0) is 49.5 Å². The lowest BCUT2D eigenvalue weighted by Crippen LogP contribution is -2.48. The van der Waals surface area contributed by atoms with Crippen molar-refractivity contribution in [2.24, 2.45) is 10.9 Å². The molecular formula is C14H26IN3OS. The Bertz CT molecular complexity index is 336. The molecule has 20 heavy (non-hydrogen) atoms. The molecular weight excluding hydrogens is 385 g/mol. The third-order valence-electron chi connectivity index (χ3n) is 4.55. The van der Waals surface area contributed by atoms with E-state index in [2.05, 4.69) is 27.4 Å². The molecule has 3 heterocycles. The summed E-state index contributed by atoms with van der Waals surface area (Å²) >= 11 is 2.08. The second-order valence-electron chi connectivity index (χ2n) is 5.87. The molecule has 0 aliphatic carbocycles. The summed E-state index contributed by atoms with van der Waals surface area (Å²) in [5, 5.41) is 7.04. The minimum absolute atomic E-state index is 0. The highest BCUT2D eigenvalue weighted by molar-refractivity contribution is 14.0. The third-order valence-corrected chi connectivity index (χ3v) is 5.60. The van der Waals surface area contributed by atoms with Crippen LogP contribution in [-0.4, -0.2) is 49.3 Å². The molecule has 0 spiro atoms. The number of rotatable bonds is 3. The molecule has 3 aliphatic rings. The second kappa shape index (κ2) is 8.08. The maximum atomic E-state index is 5.88. The summed E-state index contributed by atoms with van der Waals surface area (Å²) in [6.07, 6.45) is 7.18. The van der Waals surface area contributed by atoms with Crippen molar-refractivity contribution in [1.29, 1.82) is 0 Å². The lowest BCUT2D eigenvalue weighted by molar-refractivity contribution is 0.0992. The highest BCUT2D eigenvalue weighted by Crippen LogP contribution is 2.34. The van der Waals surface area contributed by atoms with Crippen molar-refractivity contribution in [3.8, 4) is 0 Å². The molecule has 116 valence electrons. The van der Waals surface area contributed by atoms with Crippen molar-refractivity contribution < 1.29 is 4.74 Å². The maximum Gasteiger partial charge on any atom is 0.191 e. The number of hydrogen-bond acceptors (Lipinski definition) is 3. The van der Waals surface area contributed by atoms with Gasteiger partial charge in [-0.3, -0.25) is 4.99 Å². The fourth-order valence-corrected chi connectivity index (χ4v) is 4.56. The Morgan fingerprint density at radius 3 is 2.65 bits per heavy atom. The van der Waals surface area contributed by atoms with Crippen molar-refractivity contribution in [2.45, 2.75) is 50.4 Å². The highest BCUT2D eigenvalue weighted by Gasteiger charge is 2.41. The predicted molar refractivity (Wildman–Crippen MR) is 96.3 cm³/mol. The van der Waals surface area contributed by atoms with Crippen LogP contribution in [0.3, 0.4) is 0 Å². The van der Waals surface area contributed by atoms with Crippen LogP contribution in [0.15, 0.2) is 4.99 Å². The van der Waals surface area contributed by atoms with E-state index in [1.165, 1.54) is 37.2 Å². The van der Waals surface area contributed by atoms with Crippen LogP contribution >= 0.6 is 35.7 Å². The van der Waals surface area contributed by atoms with E-state index in [9.17, 15) is 0 Å². The van der Waals surface area contributed by atoms with Crippen LogP contribution in [0.4, 0.5) is 0 Å². The first-order valence-corrected chi connectivity index (χ1v) is 8.71. The lowest BCUT2D eigenvalue weighted by Gasteiger charge is -2.25. The predicted octanol–water partition coefficient (Wildman–Crippen LogP) is 2.23. The molecule has 0 aromatic heterocycles. The number of nitrogens with zero attached hydrogens (tertiary/aromatic N) is 1. The standard InChI is InChI=1S/C14H25N3OS.HI/c1-15-14(16-9-10-4-6-19-7-5-10)17-12-8-11-2-3-13(12)18-11;/h10-13H,2-9H2,1H3,(H2,15,16,17);1H. The van der Waals surface area contributed by atoms with Crippen LogP contribution in [0.5, 0.6) is 0 Å². The first kappa shape index (κ1) is 16.7. The lowest BCUT2D eigenvalue weighted by atomic mass is 9.96.